The second-order valence-corrected chi connectivity index (χ2v) is 6.23. The van der Waals surface area contributed by atoms with Crippen LogP contribution in [0.1, 0.15) is 71.1 Å². The number of unbranched alkanes of at least 4 members (excludes halogenated alkanes) is 3. The van der Waals surface area contributed by atoms with E-state index in [1.807, 2.05) is 13.0 Å². The van der Waals surface area contributed by atoms with Crippen LogP contribution >= 0.6 is 0 Å². The van der Waals surface area contributed by atoms with Crippen molar-refractivity contribution in [2.75, 3.05) is 6.61 Å². The minimum Gasteiger partial charge on any atom is -0.466 e. The molecule has 0 N–H and O–H groups in total. The monoisotopic (exact) mass is 370 g/mol. The van der Waals surface area contributed by atoms with Gasteiger partial charge in [-0.1, -0.05) is 73.3 Å². The number of hydrogen-bond donors (Lipinski definition) is 0. The average molecular weight is 371 g/mol. The standard InChI is InChI=1S/C25H38O2/c1-3-5-6-7-8-9-10-11-12-13-14-15-16-17-18-19-20-21-22-23-24-25(26)27-4-2/h3,6-7,9-10,12-13,15-16,18-19H,1,4-5,8,11,14,17,20-24H2,2H3/b7-6-,10-9-,13-12-,16-15-,19-18-. The minimum atomic E-state index is -0.0698. The first kappa shape index (κ1) is 24.9. The van der Waals surface area contributed by atoms with E-state index in [0.717, 1.165) is 57.8 Å². The Balaban J connectivity index is 3.45. The maximum atomic E-state index is 11.2. The van der Waals surface area contributed by atoms with Crippen molar-refractivity contribution < 1.29 is 9.53 Å². The van der Waals surface area contributed by atoms with Crippen LogP contribution < -0.4 is 0 Å². The van der Waals surface area contributed by atoms with Crippen molar-refractivity contribution in [3.63, 3.8) is 0 Å². The van der Waals surface area contributed by atoms with E-state index in [-0.39, 0.29) is 5.97 Å². The largest absolute Gasteiger partial charge is 0.466 e. The first-order valence-electron chi connectivity index (χ1n) is 10.3. The normalized spacial score (nSPS) is 12.3. The predicted molar refractivity (Wildman–Crippen MR) is 119 cm³/mol. The van der Waals surface area contributed by atoms with E-state index in [2.05, 4.69) is 67.3 Å². The summed E-state index contributed by atoms with van der Waals surface area (Å²) in [6.45, 7) is 6.01. The van der Waals surface area contributed by atoms with Crippen LogP contribution in [-0.4, -0.2) is 12.6 Å². The van der Waals surface area contributed by atoms with Gasteiger partial charge < -0.3 is 4.74 Å². The van der Waals surface area contributed by atoms with Gasteiger partial charge in [0.1, 0.15) is 0 Å². The molecule has 0 fully saturated rings. The van der Waals surface area contributed by atoms with Gasteiger partial charge in [-0.3, -0.25) is 4.79 Å². The summed E-state index contributed by atoms with van der Waals surface area (Å²) in [5.41, 5.74) is 0. The van der Waals surface area contributed by atoms with E-state index < -0.39 is 0 Å². The molecule has 0 atom stereocenters. The van der Waals surface area contributed by atoms with Gasteiger partial charge in [0, 0.05) is 6.42 Å². The summed E-state index contributed by atoms with van der Waals surface area (Å²) in [5.74, 6) is -0.0698. The van der Waals surface area contributed by atoms with Gasteiger partial charge >= 0.3 is 5.97 Å². The van der Waals surface area contributed by atoms with E-state index in [1.54, 1.807) is 0 Å². The lowest BCUT2D eigenvalue weighted by molar-refractivity contribution is -0.143. The predicted octanol–water partition coefficient (Wildman–Crippen LogP) is 7.42. The van der Waals surface area contributed by atoms with Crippen LogP contribution in [0, 0.1) is 0 Å². The summed E-state index contributed by atoms with van der Waals surface area (Å²) in [6.07, 6.45) is 33.6. The van der Waals surface area contributed by atoms with Gasteiger partial charge in [0.15, 0.2) is 0 Å². The molecule has 0 amide bonds. The van der Waals surface area contributed by atoms with Gasteiger partial charge in [-0.2, -0.15) is 0 Å². The Kier molecular flexibility index (Phi) is 20.3. The number of allylic oxidation sites excluding steroid dienone is 11. The van der Waals surface area contributed by atoms with E-state index in [9.17, 15) is 4.79 Å². The summed E-state index contributed by atoms with van der Waals surface area (Å²) in [6, 6.07) is 0. The SMILES string of the molecule is C=CC/C=C\C/C=C\C/C=C\C/C=C\C/C=C\CCCCCC(=O)OCC. The lowest BCUT2D eigenvalue weighted by Crippen LogP contribution is -2.02. The second-order valence-electron chi connectivity index (χ2n) is 6.23. The van der Waals surface area contributed by atoms with Crippen LogP contribution in [-0.2, 0) is 9.53 Å². The van der Waals surface area contributed by atoms with Crippen molar-refractivity contribution in [1.29, 1.82) is 0 Å². The molecule has 0 saturated carbocycles. The number of rotatable bonds is 17. The molecule has 0 aromatic carbocycles. The molecule has 0 spiro atoms. The highest BCUT2D eigenvalue weighted by atomic mass is 16.5. The molecule has 0 rings (SSSR count). The Bertz CT molecular complexity index is 492. The molecule has 0 aliphatic heterocycles. The molecular weight excluding hydrogens is 332 g/mol. The first-order chi connectivity index (χ1) is 13.3. The lowest BCUT2D eigenvalue weighted by Gasteiger charge is -2.00. The van der Waals surface area contributed by atoms with Crippen molar-refractivity contribution in [2.24, 2.45) is 0 Å². The molecule has 0 aromatic heterocycles. The van der Waals surface area contributed by atoms with Gasteiger partial charge in [0.25, 0.3) is 0 Å². The first-order valence-corrected chi connectivity index (χ1v) is 10.3. The quantitative estimate of drug-likeness (QED) is 0.151. The second kappa shape index (κ2) is 22.0. The summed E-state index contributed by atoms with van der Waals surface area (Å²) >= 11 is 0. The lowest BCUT2D eigenvalue weighted by atomic mass is 10.1. The molecule has 0 aliphatic carbocycles. The molecule has 0 radical (unpaired) electrons. The average Bonchev–Trinajstić information content (AvgIpc) is 2.66. The fraction of sp³-hybridized carbons (Fsp3) is 0.480. The zero-order valence-corrected chi connectivity index (χ0v) is 17.2. The van der Waals surface area contributed by atoms with Crippen molar-refractivity contribution in [3.05, 3.63) is 73.4 Å². The Hall–Kier alpha value is -2.09. The third-order valence-electron chi connectivity index (χ3n) is 3.78. The molecule has 0 heterocycles. The van der Waals surface area contributed by atoms with Gasteiger partial charge in [0.2, 0.25) is 0 Å². The third-order valence-corrected chi connectivity index (χ3v) is 3.78. The van der Waals surface area contributed by atoms with Gasteiger partial charge in [0.05, 0.1) is 6.61 Å². The summed E-state index contributed by atoms with van der Waals surface area (Å²) in [4.78, 5) is 11.2. The van der Waals surface area contributed by atoms with Crippen LogP contribution in [0.4, 0.5) is 0 Å². The van der Waals surface area contributed by atoms with Crippen molar-refractivity contribution in [2.45, 2.75) is 71.1 Å². The van der Waals surface area contributed by atoms with Crippen LogP contribution in [0.25, 0.3) is 0 Å². The van der Waals surface area contributed by atoms with Gasteiger partial charge in [-0.05, 0) is 58.3 Å². The molecule has 2 heteroatoms. The number of carbonyl (C=O) groups is 1. The van der Waals surface area contributed by atoms with E-state index in [0.29, 0.717) is 13.0 Å². The molecule has 150 valence electrons. The molecule has 0 unspecified atom stereocenters. The highest BCUT2D eigenvalue weighted by molar-refractivity contribution is 5.69. The van der Waals surface area contributed by atoms with Crippen LogP contribution in [0.5, 0.6) is 0 Å². The molecule has 0 aromatic rings. The molecule has 2 nitrogen and oxygen atoms in total. The van der Waals surface area contributed by atoms with E-state index in [1.165, 1.54) is 0 Å². The topological polar surface area (TPSA) is 26.3 Å². The summed E-state index contributed by atoms with van der Waals surface area (Å²) in [7, 11) is 0. The number of carbonyl (C=O) groups excluding carboxylic acids is 1. The summed E-state index contributed by atoms with van der Waals surface area (Å²) < 4.78 is 4.91. The van der Waals surface area contributed by atoms with E-state index >= 15 is 0 Å². The molecule has 0 saturated heterocycles. The van der Waals surface area contributed by atoms with Crippen molar-refractivity contribution >= 4 is 5.97 Å². The Morgan fingerprint density at radius 2 is 1.19 bits per heavy atom. The van der Waals surface area contributed by atoms with E-state index in [4.69, 9.17) is 4.74 Å². The highest BCUT2D eigenvalue weighted by Gasteiger charge is 1.99. The maximum absolute atomic E-state index is 11.2. The zero-order chi connectivity index (χ0) is 19.8. The Morgan fingerprint density at radius 3 is 1.67 bits per heavy atom. The molecule has 27 heavy (non-hydrogen) atoms. The van der Waals surface area contributed by atoms with Gasteiger partial charge in [-0.15, -0.1) is 6.58 Å². The number of esters is 1. The zero-order valence-electron chi connectivity index (χ0n) is 17.2. The van der Waals surface area contributed by atoms with Crippen LogP contribution in [0.3, 0.4) is 0 Å². The minimum absolute atomic E-state index is 0.0698. The molecule has 0 aliphatic rings. The fourth-order valence-electron chi connectivity index (χ4n) is 2.34. The summed E-state index contributed by atoms with van der Waals surface area (Å²) in [5, 5.41) is 0. The number of hydrogen-bond acceptors (Lipinski definition) is 2. The molecular formula is C25H38O2. The Labute approximate surface area is 167 Å². The van der Waals surface area contributed by atoms with Crippen molar-refractivity contribution in [3.8, 4) is 0 Å². The smallest absolute Gasteiger partial charge is 0.305 e. The number of ether oxygens (including phenoxy) is 1. The maximum Gasteiger partial charge on any atom is 0.305 e. The highest BCUT2D eigenvalue weighted by Crippen LogP contribution is 2.05. The van der Waals surface area contributed by atoms with Gasteiger partial charge in [-0.25, -0.2) is 0 Å². The Morgan fingerprint density at radius 1 is 0.704 bits per heavy atom. The van der Waals surface area contributed by atoms with Crippen LogP contribution in [0.2, 0.25) is 0 Å². The fourth-order valence-corrected chi connectivity index (χ4v) is 2.34. The van der Waals surface area contributed by atoms with Crippen LogP contribution in [0.15, 0.2) is 73.4 Å². The molecule has 0 bridgehead atoms. The third kappa shape index (κ3) is 21.9. The van der Waals surface area contributed by atoms with Crippen molar-refractivity contribution in [1.82, 2.24) is 0 Å².